The van der Waals surface area contributed by atoms with Gasteiger partial charge >= 0.3 is 0 Å². The van der Waals surface area contributed by atoms with Crippen molar-refractivity contribution in [1.82, 2.24) is 9.62 Å². The maximum Gasteiger partial charge on any atom is 0.245 e. The summed E-state index contributed by atoms with van der Waals surface area (Å²) in [6.07, 6.45) is 1.92. The molecule has 1 amide bonds. The number of carbonyl (C=O) groups excluding carboxylic acids is 1. The predicted molar refractivity (Wildman–Crippen MR) is 79.4 cm³/mol. The van der Waals surface area contributed by atoms with Crippen LogP contribution >= 0.6 is 0 Å². The second kappa shape index (κ2) is 6.19. The topological polar surface area (TPSA) is 66.5 Å². The first-order valence-electron chi connectivity index (χ1n) is 6.52. The Labute approximate surface area is 120 Å². The van der Waals surface area contributed by atoms with E-state index in [0.717, 1.165) is 18.2 Å². The van der Waals surface area contributed by atoms with E-state index >= 15 is 0 Å². The summed E-state index contributed by atoms with van der Waals surface area (Å²) in [5.74, 6) is -0.209. The molecule has 1 fully saturated rings. The van der Waals surface area contributed by atoms with Crippen LogP contribution in [0.25, 0.3) is 0 Å². The Morgan fingerprint density at radius 3 is 2.45 bits per heavy atom. The number of benzene rings is 1. The van der Waals surface area contributed by atoms with Crippen molar-refractivity contribution in [3.63, 3.8) is 0 Å². The Hall–Kier alpha value is -1.66. The number of carbonyl (C=O) groups is 1. The molecular formula is C14H20N2O3S. The van der Waals surface area contributed by atoms with Crippen LogP contribution in [0.2, 0.25) is 0 Å². The van der Waals surface area contributed by atoms with E-state index in [1.54, 1.807) is 29.2 Å². The highest BCUT2D eigenvalue weighted by molar-refractivity contribution is 7.92. The summed E-state index contributed by atoms with van der Waals surface area (Å²) in [6.45, 7) is 4.62. The Morgan fingerprint density at radius 1 is 1.30 bits per heavy atom. The summed E-state index contributed by atoms with van der Waals surface area (Å²) in [4.78, 5) is 14.2. The molecule has 0 bridgehead atoms. The molecule has 20 heavy (non-hydrogen) atoms. The lowest BCUT2D eigenvalue weighted by molar-refractivity contribution is -0.132. The van der Waals surface area contributed by atoms with E-state index < -0.39 is 16.1 Å². The lowest BCUT2D eigenvalue weighted by Gasteiger charge is -2.23. The highest BCUT2D eigenvalue weighted by Gasteiger charge is 2.30. The quantitative estimate of drug-likeness (QED) is 0.898. The fourth-order valence-corrected chi connectivity index (χ4v) is 2.90. The Kier molecular flexibility index (Phi) is 4.57. The average molecular weight is 296 g/mol. The largest absolute Gasteiger partial charge is 0.341 e. The van der Waals surface area contributed by atoms with Crippen LogP contribution in [0.3, 0.4) is 0 Å². The van der Waals surface area contributed by atoms with Crippen molar-refractivity contribution in [2.45, 2.75) is 18.9 Å². The number of nitrogens with one attached hydrogen (secondary N) is 1. The molecule has 2 rings (SSSR count). The Bertz CT molecular complexity index is 583. The van der Waals surface area contributed by atoms with Gasteiger partial charge in [-0.1, -0.05) is 36.9 Å². The minimum atomic E-state index is -3.68. The summed E-state index contributed by atoms with van der Waals surface area (Å²) in [5.41, 5.74) is 0.634. The van der Waals surface area contributed by atoms with Crippen molar-refractivity contribution in [3.8, 4) is 0 Å². The molecule has 6 heteroatoms. The first kappa shape index (κ1) is 14.7. The van der Waals surface area contributed by atoms with Crippen LogP contribution < -0.4 is 4.72 Å². The average Bonchev–Trinajstić information content (AvgIpc) is 2.99. The van der Waals surface area contributed by atoms with Gasteiger partial charge in [0.25, 0.3) is 0 Å². The number of likely N-dealkylation sites (tertiary alicyclic amines) is 1. The molecule has 1 aliphatic heterocycles. The molecule has 110 valence electrons. The van der Waals surface area contributed by atoms with E-state index in [9.17, 15) is 13.2 Å². The number of nitrogens with zero attached hydrogens (tertiary/aromatic N) is 1. The number of amides is 1. The molecule has 1 heterocycles. The van der Waals surface area contributed by atoms with E-state index in [1.807, 2.05) is 6.07 Å². The fourth-order valence-electron chi connectivity index (χ4n) is 2.24. The second-order valence-electron chi connectivity index (χ2n) is 4.71. The van der Waals surface area contributed by atoms with E-state index in [4.69, 9.17) is 0 Å². The standard InChI is InChI=1S/C14H18N2O3S.H2/c1-2-20(18,19)15-13(12-8-4-3-5-9-12)14(17)16-10-6-7-11-16;/h2-5,8-9,13,15H,1,6-7,10-11H2;1H/t13-;/m0./s1. The number of sulfonamides is 1. The molecular weight excluding hydrogens is 276 g/mol. The number of hydrogen-bond donors (Lipinski definition) is 1. The third kappa shape index (κ3) is 3.46. The Morgan fingerprint density at radius 2 is 1.90 bits per heavy atom. The summed E-state index contributed by atoms with van der Waals surface area (Å²) in [7, 11) is -3.68. The van der Waals surface area contributed by atoms with Crippen LogP contribution in [0.15, 0.2) is 42.3 Å². The van der Waals surface area contributed by atoms with E-state index in [0.29, 0.717) is 18.7 Å². The van der Waals surface area contributed by atoms with Gasteiger partial charge in [0.15, 0.2) is 0 Å². The van der Waals surface area contributed by atoms with Crippen LogP contribution in [-0.2, 0) is 14.8 Å². The molecule has 1 aromatic carbocycles. The molecule has 1 N–H and O–H groups in total. The van der Waals surface area contributed by atoms with Gasteiger partial charge in [0, 0.05) is 19.9 Å². The summed E-state index contributed by atoms with van der Waals surface area (Å²) >= 11 is 0. The summed E-state index contributed by atoms with van der Waals surface area (Å²) in [6, 6.07) is 7.97. The van der Waals surface area contributed by atoms with Gasteiger partial charge in [0.2, 0.25) is 15.9 Å². The molecule has 0 unspecified atom stereocenters. The van der Waals surface area contributed by atoms with Gasteiger partial charge in [-0.3, -0.25) is 4.79 Å². The van der Waals surface area contributed by atoms with Crippen molar-refractivity contribution in [2.75, 3.05) is 13.1 Å². The molecule has 0 saturated carbocycles. The zero-order chi connectivity index (χ0) is 14.6. The summed E-state index contributed by atoms with van der Waals surface area (Å²) in [5, 5.41) is 0.820. The van der Waals surface area contributed by atoms with Crippen LogP contribution in [0.4, 0.5) is 0 Å². The van der Waals surface area contributed by atoms with Crippen LogP contribution in [0.5, 0.6) is 0 Å². The molecule has 1 aromatic rings. The van der Waals surface area contributed by atoms with E-state index in [-0.39, 0.29) is 7.33 Å². The van der Waals surface area contributed by atoms with Gasteiger partial charge in [-0.15, -0.1) is 0 Å². The molecule has 0 spiro atoms. The first-order valence-corrected chi connectivity index (χ1v) is 8.06. The maximum atomic E-state index is 12.5. The molecule has 0 aliphatic carbocycles. The van der Waals surface area contributed by atoms with Crippen molar-refractivity contribution in [3.05, 3.63) is 47.9 Å². The van der Waals surface area contributed by atoms with Gasteiger partial charge in [-0.05, 0) is 18.4 Å². The zero-order valence-corrected chi connectivity index (χ0v) is 12.0. The van der Waals surface area contributed by atoms with Crippen molar-refractivity contribution in [2.24, 2.45) is 0 Å². The maximum absolute atomic E-state index is 12.5. The van der Waals surface area contributed by atoms with Gasteiger partial charge in [0.1, 0.15) is 6.04 Å². The SMILES string of the molecule is C=CS(=O)(=O)N[C@H](C(=O)N1CCCC1)c1ccccc1.[HH]. The molecule has 1 aliphatic rings. The highest BCUT2D eigenvalue weighted by Crippen LogP contribution is 2.20. The number of hydrogen-bond acceptors (Lipinski definition) is 3. The normalized spacial score (nSPS) is 16.9. The third-order valence-electron chi connectivity index (χ3n) is 3.30. The smallest absolute Gasteiger partial charge is 0.245 e. The van der Waals surface area contributed by atoms with Crippen molar-refractivity contribution < 1.29 is 14.6 Å². The lowest BCUT2D eigenvalue weighted by atomic mass is 10.1. The van der Waals surface area contributed by atoms with Crippen LogP contribution in [-0.4, -0.2) is 32.3 Å². The molecule has 0 aromatic heterocycles. The van der Waals surface area contributed by atoms with Crippen LogP contribution in [0, 0.1) is 0 Å². The first-order chi connectivity index (χ1) is 9.53. The second-order valence-corrected chi connectivity index (χ2v) is 6.36. The fraction of sp³-hybridized carbons (Fsp3) is 0.357. The molecule has 5 nitrogen and oxygen atoms in total. The molecule has 0 radical (unpaired) electrons. The minimum absolute atomic E-state index is 0. The third-order valence-corrected chi connectivity index (χ3v) is 4.30. The monoisotopic (exact) mass is 296 g/mol. The van der Waals surface area contributed by atoms with Gasteiger partial charge < -0.3 is 4.90 Å². The van der Waals surface area contributed by atoms with E-state index in [2.05, 4.69) is 11.3 Å². The lowest BCUT2D eigenvalue weighted by Crippen LogP contribution is -2.41. The van der Waals surface area contributed by atoms with Gasteiger partial charge in [-0.2, -0.15) is 4.72 Å². The highest BCUT2D eigenvalue weighted by atomic mass is 32.2. The van der Waals surface area contributed by atoms with Gasteiger partial charge in [-0.25, -0.2) is 8.42 Å². The predicted octanol–water partition coefficient (Wildman–Crippen LogP) is 1.66. The molecule has 1 saturated heterocycles. The zero-order valence-electron chi connectivity index (χ0n) is 11.2. The molecule has 1 atom stereocenters. The minimum Gasteiger partial charge on any atom is -0.341 e. The van der Waals surface area contributed by atoms with E-state index in [1.165, 1.54) is 0 Å². The van der Waals surface area contributed by atoms with Crippen LogP contribution in [0.1, 0.15) is 25.9 Å². The van der Waals surface area contributed by atoms with Crippen molar-refractivity contribution in [1.29, 1.82) is 0 Å². The number of rotatable bonds is 5. The van der Waals surface area contributed by atoms with Crippen molar-refractivity contribution >= 4 is 15.9 Å². The Balaban J connectivity index is 0.00000220. The van der Waals surface area contributed by atoms with Gasteiger partial charge in [0.05, 0.1) is 0 Å². The summed E-state index contributed by atoms with van der Waals surface area (Å²) < 4.78 is 25.8.